The molecule has 0 unspecified atom stereocenters. The first-order valence-corrected chi connectivity index (χ1v) is 5.99. The highest BCUT2D eigenvalue weighted by Gasteiger charge is 2.08. The summed E-state index contributed by atoms with van der Waals surface area (Å²) in [6.07, 6.45) is 0.839. The Morgan fingerprint density at radius 2 is 1.89 bits per heavy atom. The van der Waals surface area contributed by atoms with Gasteiger partial charge in [-0.3, -0.25) is 0 Å². The molecule has 3 heteroatoms. The van der Waals surface area contributed by atoms with Crippen LogP contribution in [0, 0.1) is 0 Å². The second-order valence-corrected chi connectivity index (χ2v) is 4.50. The Kier molecular flexibility index (Phi) is 2.52. The van der Waals surface area contributed by atoms with E-state index >= 15 is 0 Å². The Balaban J connectivity index is 2.05. The van der Waals surface area contributed by atoms with Crippen molar-refractivity contribution in [3.63, 3.8) is 0 Å². The highest BCUT2D eigenvalue weighted by Crippen LogP contribution is 2.19. The maximum absolute atomic E-state index is 5.81. The van der Waals surface area contributed by atoms with Gasteiger partial charge in [0.25, 0.3) is 0 Å². The van der Waals surface area contributed by atoms with Crippen molar-refractivity contribution >= 4 is 16.7 Å². The summed E-state index contributed by atoms with van der Waals surface area (Å²) in [5.41, 5.74) is 9.94. The summed E-state index contributed by atoms with van der Waals surface area (Å²) < 4.78 is 2.11. The third-order valence-electron chi connectivity index (χ3n) is 3.20. The van der Waals surface area contributed by atoms with Crippen molar-refractivity contribution in [3.05, 3.63) is 59.9 Å². The number of rotatable bonds is 2. The van der Waals surface area contributed by atoms with Crippen LogP contribution in [-0.2, 0) is 13.5 Å². The highest BCUT2D eigenvalue weighted by atomic mass is 15.1. The zero-order chi connectivity index (χ0) is 12.5. The SMILES string of the molecule is Cn1c(Cc2ccccc2)nc2ccc(N)cc21. The molecule has 3 nitrogen and oxygen atoms in total. The molecule has 0 aliphatic heterocycles. The van der Waals surface area contributed by atoms with E-state index in [0.29, 0.717) is 0 Å². The number of fused-ring (bicyclic) bond motifs is 1. The van der Waals surface area contributed by atoms with Crippen LogP contribution < -0.4 is 5.73 Å². The van der Waals surface area contributed by atoms with Gasteiger partial charge in [0.05, 0.1) is 11.0 Å². The number of benzene rings is 2. The first-order valence-electron chi connectivity index (χ1n) is 5.99. The Morgan fingerprint density at radius 3 is 2.67 bits per heavy atom. The Bertz CT molecular complexity index is 684. The lowest BCUT2D eigenvalue weighted by Crippen LogP contribution is -1.99. The average molecular weight is 237 g/mol. The Hall–Kier alpha value is -2.29. The van der Waals surface area contributed by atoms with Crippen LogP contribution in [0.25, 0.3) is 11.0 Å². The number of imidazole rings is 1. The predicted molar refractivity (Wildman–Crippen MR) is 74.4 cm³/mol. The number of nitrogens with zero attached hydrogens (tertiary/aromatic N) is 2. The van der Waals surface area contributed by atoms with Gasteiger partial charge in [0.1, 0.15) is 5.82 Å². The normalized spacial score (nSPS) is 10.9. The molecule has 0 aliphatic rings. The number of nitrogens with two attached hydrogens (primary N) is 1. The molecule has 0 atom stereocenters. The minimum Gasteiger partial charge on any atom is -0.399 e. The number of anilines is 1. The van der Waals surface area contributed by atoms with Gasteiger partial charge in [-0.25, -0.2) is 4.98 Å². The fourth-order valence-electron chi connectivity index (χ4n) is 2.19. The third-order valence-corrected chi connectivity index (χ3v) is 3.20. The zero-order valence-corrected chi connectivity index (χ0v) is 10.3. The molecule has 0 saturated carbocycles. The standard InChI is InChI=1S/C15H15N3/c1-18-14-10-12(16)7-8-13(14)17-15(18)9-11-5-3-2-4-6-11/h2-8,10H,9,16H2,1H3. The van der Waals surface area contributed by atoms with Crippen LogP contribution in [0.3, 0.4) is 0 Å². The van der Waals surface area contributed by atoms with E-state index in [9.17, 15) is 0 Å². The lowest BCUT2D eigenvalue weighted by molar-refractivity contribution is 0.845. The molecule has 1 heterocycles. The summed E-state index contributed by atoms with van der Waals surface area (Å²) in [7, 11) is 2.03. The van der Waals surface area contributed by atoms with Crippen molar-refractivity contribution < 1.29 is 0 Å². The zero-order valence-electron chi connectivity index (χ0n) is 10.3. The van der Waals surface area contributed by atoms with Gasteiger partial charge in [-0.15, -0.1) is 0 Å². The van der Waals surface area contributed by atoms with Crippen molar-refractivity contribution in [2.75, 3.05) is 5.73 Å². The fraction of sp³-hybridized carbons (Fsp3) is 0.133. The van der Waals surface area contributed by atoms with Gasteiger partial charge in [-0.1, -0.05) is 30.3 Å². The summed E-state index contributed by atoms with van der Waals surface area (Å²) in [6, 6.07) is 16.2. The number of aryl methyl sites for hydroxylation is 1. The van der Waals surface area contributed by atoms with E-state index in [2.05, 4.69) is 33.8 Å². The lowest BCUT2D eigenvalue weighted by atomic mass is 10.1. The van der Waals surface area contributed by atoms with Crippen LogP contribution in [0.15, 0.2) is 48.5 Å². The molecule has 0 spiro atoms. The average Bonchev–Trinajstić information content (AvgIpc) is 2.68. The van der Waals surface area contributed by atoms with Crippen molar-refractivity contribution in [2.24, 2.45) is 7.05 Å². The number of hydrogen-bond donors (Lipinski definition) is 1. The maximum Gasteiger partial charge on any atom is 0.114 e. The molecule has 0 fully saturated rings. The summed E-state index contributed by atoms with van der Waals surface area (Å²) in [4.78, 5) is 4.66. The Labute approximate surface area is 106 Å². The van der Waals surface area contributed by atoms with Crippen LogP contribution in [-0.4, -0.2) is 9.55 Å². The lowest BCUT2D eigenvalue weighted by Gasteiger charge is -2.02. The topological polar surface area (TPSA) is 43.8 Å². The summed E-state index contributed by atoms with van der Waals surface area (Å²) in [6.45, 7) is 0. The molecule has 3 aromatic rings. The van der Waals surface area contributed by atoms with Crippen LogP contribution >= 0.6 is 0 Å². The molecule has 0 radical (unpaired) electrons. The second kappa shape index (κ2) is 4.18. The van der Waals surface area contributed by atoms with Crippen molar-refractivity contribution in [2.45, 2.75) is 6.42 Å². The third kappa shape index (κ3) is 1.84. The van der Waals surface area contributed by atoms with Crippen molar-refractivity contribution in [3.8, 4) is 0 Å². The molecule has 2 aromatic carbocycles. The highest BCUT2D eigenvalue weighted by molar-refractivity contribution is 5.79. The predicted octanol–water partition coefficient (Wildman–Crippen LogP) is 2.75. The molecular weight excluding hydrogens is 222 g/mol. The van der Waals surface area contributed by atoms with E-state index in [1.54, 1.807) is 0 Å². The molecule has 90 valence electrons. The monoisotopic (exact) mass is 237 g/mol. The van der Waals surface area contributed by atoms with E-state index in [0.717, 1.165) is 29.0 Å². The van der Waals surface area contributed by atoms with Crippen LogP contribution in [0.4, 0.5) is 5.69 Å². The molecule has 0 amide bonds. The maximum atomic E-state index is 5.81. The number of nitrogen functional groups attached to an aromatic ring is 1. The fourth-order valence-corrected chi connectivity index (χ4v) is 2.19. The van der Waals surface area contributed by atoms with E-state index < -0.39 is 0 Å². The van der Waals surface area contributed by atoms with Gasteiger partial charge in [0.2, 0.25) is 0 Å². The van der Waals surface area contributed by atoms with Crippen molar-refractivity contribution in [1.82, 2.24) is 9.55 Å². The molecule has 1 aromatic heterocycles. The largest absolute Gasteiger partial charge is 0.399 e. The minimum atomic E-state index is 0.775. The van der Waals surface area contributed by atoms with Gasteiger partial charge >= 0.3 is 0 Å². The van der Waals surface area contributed by atoms with Gasteiger partial charge in [0, 0.05) is 19.2 Å². The first kappa shape index (κ1) is 10.8. The minimum absolute atomic E-state index is 0.775. The summed E-state index contributed by atoms with van der Waals surface area (Å²) >= 11 is 0. The first-order chi connectivity index (χ1) is 8.74. The summed E-state index contributed by atoms with van der Waals surface area (Å²) in [5, 5.41) is 0. The smallest absolute Gasteiger partial charge is 0.114 e. The van der Waals surface area contributed by atoms with Gasteiger partial charge in [-0.05, 0) is 23.8 Å². The Morgan fingerprint density at radius 1 is 1.11 bits per heavy atom. The quantitative estimate of drug-likeness (QED) is 0.696. The molecule has 0 aliphatic carbocycles. The van der Waals surface area contributed by atoms with E-state index in [4.69, 9.17) is 5.73 Å². The van der Waals surface area contributed by atoms with E-state index in [-0.39, 0.29) is 0 Å². The van der Waals surface area contributed by atoms with Gasteiger partial charge in [0.15, 0.2) is 0 Å². The summed E-state index contributed by atoms with van der Waals surface area (Å²) in [5.74, 6) is 1.06. The van der Waals surface area contributed by atoms with Gasteiger partial charge < -0.3 is 10.3 Å². The van der Waals surface area contributed by atoms with Crippen LogP contribution in [0.5, 0.6) is 0 Å². The molecule has 0 bridgehead atoms. The number of aromatic nitrogens is 2. The van der Waals surface area contributed by atoms with Crippen LogP contribution in [0.2, 0.25) is 0 Å². The van der Waals surface area contributed by atoms with Crippen LogP contribution in [0.1, 0.15) is 11.4 Å². The van der Waals surface area contributed by atoms with Crippen molar-refractivity contribution in [1.29, 1.82) is 0 Å². The second-order valence-electron chi connectivity index (χ2n) is 4.50. The molecule has 18 heavy (non-hydrogen) atoms. The molecule has 0 saturated heterocycles. The van der Waals surface area contributed by atoms with E-state index in [1.165, 1.54) is 5.56 Å². The molecule has 2 N–H and O–H groups in total. The number of hydrogen-bond acceptors (Lipinski definition) is 2. The molecule has 3 rings (SSSR count). The molecular formula is C15H15N3. The van der Waals surface area contributed by atoms with Gasteiger partial charge in [-0.2, -0.15) is 0 Å². The van der Waals surface area contributed by atoms with E-state index in [1.807, 2.05) is 31.3 Å².